The molecule has 0 unspecified atom stereocenters. The molecule has 1 fully saturated rings. The Morgan fingerprint density at radius 2 is 2.05 bits per heavy atom. The third-order valence-corrected chi connectivity index (χ3v) is 4.07. The normalized spacial score (nSPS) is 14.3. The minimum atomic E-state index is 0.485. The molecule has 19 heavy (non-hydrogen) atoms. The maximum absolute atomic E-state index is 8.75. The van der Waals surface area contributed by atoms with Crippen molar-refractivity contribution in [3.8, 4) is 6.07 Å². The average Bonchev–Trinajstić information content (AvgIpc) is 3.21. The van der Waals surface area contributed by atoms with Crippen molar-refractivity contribution in [2.24, 2.45) is 0 Å². The second-order valence-corrected chi connectivity index (χ2v) is 5.48. The maximum atomic E-state index is 8.75. The van der Waals surface area contributed by atoms with E-state index < -0.39 is 0 Å². The Kier molecular flexibility index (Phi) is 3.13. The van der Waals surface area contributed by atoms with E-state index in [1.165, 1.54) is 0 Å². The predicted molar refractivity (Wildman–Crippen MR) is 73.4 cm³/mol. The monoisotopic (exact) mass is 271 g/mol. The van der Waals surface area contributed by atoms with Crippen LogP contribution in [0, 0.1) is 11.3 Å². The van der Waals surface area contributed by atoms with E-state index in [0.717, 1.165) is 29.3 Å². The Morgan fingerprint density at radius 3 is 2.68 bits per heavy atom. The van der Waals surface area contributed by atoms with E-state index in [1.807, 2.05) is 28.8 Å². The number of hydrogen-bond donors (Lipinski definition) is 1. The summed E-state index contributed by atoms with van der Waals surface area (Å²) in [5.41, 5.74) is 7.67. The first kappa shape index (κ1) is 12.1. The van der Waals surface area contributed by atoms with Crippen LogP contribution in [0.1, 0.15) is 30.0 Å². The van der Waals surface area contributed by atoms with Crippen LogP contribution < -0.4 is 5.73 Å². The molecule has 0 radical (unpaired) electrons. The summed E-state index contributed by atoms with van der Waals surface area (Å²) in [7, 11) is 0. The molecule has 96 valence electrons. The van der Waals surface area contributed by atoms with Crippen LogP contribution in [0.2, 0.25) is 0 Å². The topological polar surface area (TPSA) is 80.5 Å². The highest BCUT2D eigenvalue weighted by Gasteiger charge is 2.28. The second-order valence-electron chi connectivity index (χ2n) is 4.54. The van der Waals surface area contributed by atoms with Crippen molar-refractivity contribution >= 4 is 17.7 Å². The van der Waals surface area contributed by atoms with Crippen molar-refractivity contribution in [1.29, 1.82) is 5.26 Å². The van der Waals surface area contributed by atoms with Crippen molar-refractivity contribution in [2.75, 3.05) is 5.73 Å². The zero-order valence-corrected chi connectivity index (χ0v) is 11.1. The van der Waals surface area contributed by atoms with Crippen LogP contribution in [0.5, 0.6) is 0 Å². The first-order valence-corrected chi connectivity index (χ1v) is 7.08. The molecule has 1 aliphatic carbocycles. The first-order valence-electron chi connectivity index (χ1n) is 6.10. The van der Waals surface area contributed by atoms with Gasteiger partial charge in [0.05, 0.1) is 11.6 Å². The molecule has 2 N–H and O–H groups in total. The van der Waals surface area contributed by atoms with Gasteiger partial charge in [-0.1, -0.05) is 23.9 Å². The van der Waals surface area contributed by atoms with E-state index in [9.17, 15) is 0 Å². The zero-order chi connectivity index (χ0) is 13.2. The van der Waals surface area contributed by atoms with Crippen LogP contribution in [0.3, 0.4) is 0 Å². The van der Waals surface area contributed by atoms with Crippen LogP contribution in [0.15, 0.2) is 29.4 Å². The average molecular weight is 271 g/mol. The number of nitriles is 1. The summed E-state index contributed by atoms with van der Waals surface area (Å²) in [6.45, 7) is 0. The Bertz CT molecular complexity index is 621. The van der Waals surface area contributed by atoms with E-state index in [4.69, 9.17) is 11.0 Å². The van der Waals surface area contributed by atoms with Crippen LogP contribution in [0.25, 0.3) is 0 Å². The molecule has 1 aromatic heterocycles. The second kappa shape index (κ2) is 4.94. The molecule has 0 saturated heterocycles. The van der Waals surface area contributed by atoms with E-state index in [2.05, 4.69) is 16.3 Å². The molecule has 1 aromatic carbocycles. The smallest absolute Gasteiger partial charge is 0.222 e. The molecule has 0 atom stereocenters. The lowest BCUT2D eigenvalue weighted by Gasteiger charge is -2.05. The number of rotatable bonds is 4. The van der Waals surface area contributed by atoms with Gasteiger partial charge < -0.3 is 5.73 Å². The molecule has 1 saturated carbocycles. The largest absolute Gasteiger partial charge is 0.368 e. The lowest BCUT2D eigenvalue weighted by Crippen LogP contribution is -2.02. The van der Waals surface area contributed by atoms with Crippen LogP contribution in [0.4, 0.5) is 5.95 Å². The Labute approximate surface area is 115 Å². The van der Waals surface area contributed by atoms with Gasteiger partial charge in [-0.15, -0.1) is 10.2 Å². The standard InChI is InChI=1S/C13H13N5S/c14-7-9-1-3-10(4-2-9)8-19-13-17-16-12(15)18(13)11-5-6-11/h1-4,11H,5-6,8H2,(H2,15,16). The molecule has 0 bridgehead atoms. The fourth-order valence-corrected chi connectivity index (χ4v) is 2.85. The third kappa shape index (κ3) is 2.56. The van der Waals surface area contributed by atoms with Crippen LogP contribution in [-0.2, 0) is 5.75 Å². The predicted octanol–water partition coefficient (Wildman–Crippen LogP) is 2.36. The fourth-order valence-electron chi connectivity index (χ4n) is 1.89. The van der Waals surface area contributed by atoms with Gasteiger partial charge in [-0.2, -0.15) is 5.26 Å². The molecular weight excluding hydrogens is 258 g/mol. The van der Waals surface area contributed by atoms with Gasteiger partial charge in [-0.25, -0.2) is 0 Å². The van der Waals surface area contributed by atoms with Crippen molar-refractivity contribution in [1.82, 2.24) is 14.8 Å². The van der Waals surface area contributed by atoms with Crippen LogP contribution in [-0.4, -0.2) is 14.8 Å². The molecule has 1 heterocycles. The summed E-state index contributed by atoms with van der Waals surface area (Å²) in [6.07, 6.45) is 2.32. The minimum Gasteiger partial charge on any atom is -0.368 e. The molecule has 5 nitrogen and oxygen atoms in total. The van der Waals surface area contributed by atoms with Crippen molar-refractivity contribution in [2.45, 2.75) is 29.8 Å². The minimum absolute atomic E-state index is 0.485. The number of thioether (sulfide) groups is 1. The molecule has 0 spiro atoms. The third-order valence-electron chi connectivity index (χ3n) is 3.05. The van der Waals surface area contributed by atoms with Crippen molar-refractivity contribution in [3.05, 3.63) is 35.4 Å². The fraction of sp³-hybridized carbons (Fsp3) is 0.308. The van der Waals surface area contributed by atoms with E-state index in [1.54, 1.807) is 11.8 Å². The summed E-state index contributed by atoms with van der Waals surface area (Å²) < 4.78 is 2.02. The molecular formula is C13H13N5S. The Morgan fingerprint density at radius 1 is 1.32 bits per heavy atom. The Balaban J connectivity index is 1.70. The molecule has 1 aliphatic rings. The highest BCUT2D eigenvalue weighted by Crippen LogP contribution is 2.39. The van der Waals surface area contributed by atoms with Gasteiger partial charge in [-0.3, -0.25) is 4.57 Å². The van der Waals surface area contributed by atoms with Crippen molar-refractivity contribution in [3.63, 3.8) is 0 Å². The lowest BCUT2D eigenvalue weighted by molar-refractivity contribution is 0.671. The number of nitrogens with two attached hydrogens (primary N) is 1. The van der Waals surface area contributed by atoms with Gasteiger partial charge in [0.25, 0.3) is 0 Å². The SMILES string of the molecule is N#Cc1ccc(CSc2nnc(N)n2C2CC2)cc1. The number of hydrogen-bond acceptors (Lipinski definition) is 5. The maximum Gasteiger partial charge on any atom is 0.222 e. The molecule has 6 heteroatoms. The summed E-state index contributed by atoms with van der Waals surface area (Å²) in [5, 5.41) is 17.7. The van der Waals surface area contributed by atoms with E-state index in [0.29, 0.717) is 17.6 Å². The summed E-state index contributed by atoms with van der Waals surface area (Å²) >= 11 is 1.63. The Hall–Kier alpha value is -2.00. The zero-order valence-electron chi connectivity index (χ0n) is 10.3. The van der Waals surface area contributed by atoms with Gasteiger partial charge in [0.2, 0.25) is 5.95 Å². The van der Waals surface area contributed by atoms with Gasteiger partial charge >= 0.3 is 0 Å². The summed E-state index contributed by atoms with van der Waals surface area (Å²) in [6, 6.07) is 10.2. The van der Waals surface area contributed by atoms with E-state index in [-0.39, 0.29) is 0 Å². The molecule has 2 aromatic rings. The first-order chi connectivity index (χ1) is 9.28. The van der Waals surface area contributed by atoms with Gasteiger partial charge in [0, 0.05) is 11.8 Å². The summed E-state index contributed by atoms with van der Waals surface area (Å²) in [5.74, 6) is 1.31. The van der Waals surface area contributed by atoms with Gasteiger partial charge in [0.1, 0.15) is 0 Å². The van der Waals surface area contributed by atoms with Gasteiger partial charge in [-0.05, 0) is 30.5 Å². The number of anilines is 1. The number of nitrogens with zero attached hydrogens (tertiary/aromatic N) is 4. The number of nitrogen functional groups attached to an aromatic ring is 1. The summed E-state index contributed by atoms with van der Waals surface area (Å²) in [4.78, 5) is 0. The molecule has 0 amide bonds. The molecule has 0 aliphatic heterocycles. The highest BCUT2D eigenvalue weighted by atomic mass is 32.2. The van der Waals surface area contributed by atoms with Crippen molar-refractivity contribution < 1.29 is 0 Å². The number of benzene rings is 1. The van der Waals surface area contributed by atoms with Gasteiger partial charge in [0.15, 0.2) is 5.16 Å². The lowest BCUT2D eigenvalue weighted by atomic mass is 10.2. The quantitative estimate of drug-likeness (QED) is 0.863. The van der Waals surface area contributed by atoms with Crippen LogP contribution >= 0.6 is 11.8 Å². The number of aromatic nitrogens is 3. The van der Waals surface area contributed by atoms with E-state index >= 15 is 0 Å². The highest BCUT2D eigenvalue weighted by molar-refractivity contribution is 7.98. The molecule has 3 rings (SSSR count).